The number of ketones is 1. The summed E-state index contributed by atoms with van der Waals surface area (Å²) in [4.78, 5) is 39.9. The maximum Gasteiger partial charge on any atom is 0.279 e. The van der Waals surface area contributed by atoms with Gasteiger partial charge < -0.3 is 15.1 Å². The molecule has 1 saturated heterocycles. The van der Waals surface area contributed by atoms with Crippen molar-refractivity contribution in [2.24, 2.45) is 0 Å². The standard InChI is InChI=1S/C22H27N3O4S/c1-2-16(26)11-7-4-8-12-17(24-20(27)18-14-30-22(28)25-18)21-23-13-19(29-21)15-9-5-3-6-10-15/h3,5-6,9-10,13,17-18H,2,4,7-8,11-12,14H2,1H3,(H,24,27)(H,25,28)/t17-,18?/m0/s1. The molecule has 0 radical (unpaired) electrons. The van der Waals surface area contributed by atoms with Crippen molar-refractivity contribution in [3.63, 3.8) is 0 Å². The van der Waals surface area contributed by atoms with E-state index >= 15 is 0 Å². The van der Waals surface area contributed by atoms with Gasteiger partial charge in [0.2, 0.25) is 11.8 Å². The highest BCUT2D eigenvalue weighted by Crippen LogP contribution is 2.26. The van der Waals surface area contributed by atoms with Crippen molar-refractivity contribution in [1.29, 1.82) is 0 Å². The van der Waals surface area contributed by atoms with Crippen molar-refractivity contribution in [2.75, 3.05) is 5.75 Å². The van der Waals surface area contributed by atoms with Gasteiger partial charge in [0.05, 0.1) is 6.20 Å². The predicted octanol–water partition coefficient (Wildman–Crippen LogP) is 4.25. The van der Waals surface area contributed by atoms with E-state index in [4.69, 9.17) is 4.42 Å². The van der Waals surface area contributed by atoms with Crippen molar-refractivity contribution in [1.82, 2.24) is 15.6 Å². The topological polar surface area (TPSA) is 101 Å². The fourth-order valence-corrected chi connectivity index (χ4v) is 4.04. The van der Waals surface area contributed by atoms with Crippen molar-refractivity contribution in [3.8, 4) is 11.3 Å². The van der Waals surface area contributed by atoms with Gasteiger partial charge in [-0.25, -0.2) is 4.98 Å². The lowest BCUT2D eigenvalue weighted by molar-refractivity contribution is -0.123. The largest absolute Gasteiger partial charge is 0.438 e. The van der Waals surface area contributed by atoms with Gasteiger partial charge in [-0.15, -0.1) is 0 Å². The van der Waals surface area contributed by atoms with E-state index in [1.165, 1.54) is 0 Å². The molecule has 2 heterocycles. The number of aromatic nitrogens is 1. The normalized spacial score (nSPS) is 16.8. The van der Waals surface area contributed by atoms with Crippen LogP contribution in [0.15, 0.2) is 40.9 Å². The maximum atomic E-state index is 12.6. The molecule has 7 nitrogen and oxygen atoms in total. The van der Waals surface area contributed by atoms with Crippen molar-refractivity contribution < 1.29 is 18.8 Å². The molecule has 3 rings (SSSR count). The van der Waals surface area contributed by atoms with Gasteiger partial charge >= 0.3 is 0 Å². The number of Topliss-reactive ketones (excluding diaryl/α,β-unsaturated/α-hetero) is 1. The van der Waals surface area contributed by atoms with Crippen LogP contribution < -0.4 is 10.6 Å². The number of amides is 2. The number of nitrogens with one attached hydrogen (secondary N) is 2. The number of thioether (sulfide) groups is 1. The average Bonchev–Trinajstić information content (AvgIpc) is 3.42. The molecule has 1 aromatic heterocycles. The zero-order valence-corrected chi connectivity index (χ0v) is 17.9. The number of oxazole rings is 1. The number of nitrogens with zero attached hydrogens (tertiary/aromatic N) is 1. The Balaban J connectivity index is 1.64. The Labute approximate surface area is 180 Å². The van der Waals surface area contributed by atoms with Gasteiger partial charge in [0.15, 0.2) is 5.76 Å². The summed E-state index contributed by atoms with van der Waals surface area (Å²) in [5.41, 5.74) is 0.916. The molecule has 8 heteroatoms. The Bertz CT molecular complexity index is 868. The maximum absolute atomic E-state index is 12.6. The molecule has 1 aliphatic rings. The molecule has 0 spiro atoms. The van der Waals surface area contributed by atoms with Gasteiger partial charge in [-0.2, -0.15) is 0 Å². The molecule has 2 aromatic rings. The third kappa shape index (κ3) is 6.19. The van der Waals surface area contributed by atoms with Crippen LogP contribution in [0.2, 0.25) is 0 Å². The second-order valence-corrected chi connectivity index (χ2v) is 8.27. The number of hydrogen-bond donors (Lipinski definition) is 2. The molecule has 1 aromatic carbocycles. The van der Waals surface area contributed by atoms with E-state index in [0.717, 1.165) is 36.6 Å². The number of benzene rings is 1. The molecule has 2 amide bonds. The lowest BCUT2D eigenvalue weighted by Crippen LogP contribution is -2.44. The molecular formula is C22H27N3O4S. The zero-order valence-electron chi connectivity index (χ0n) is 17.1. The van der Waals surface area contributed by atoms with Crippen LogP contribution in [0, 0.1) is 0 Å². The summed E-state index contributed by atoms with van der Waals surface area (Å²) >= 11 is 1.11. The highest BCUT2D eigenvalue weighted by atomic mass is 32.2. The summed E-state index contributed by atoms with van der Waals surface area (Å²) in [7, 11) is 0. The fraction of sp³-hybridized carbons (Fsp3) is 0.455. The zero-order chi connectivity index (χ0) is 21.3. The summed E-state index contributed by atoms with van der Waals surface area (Å²) in [6.45, 7) is 1.88. The van der Waals surface area contributed by atoms with Gasteiger partial charge in [0.1, 0.15) is 17.9 Å². The van der Waals surface area contributed by atoms with Gasteiger partial charge in [-0.1, -0.05) is 61.9 Å². The van der Waals surface area contributed by atoms with Crippen LogP contribution in [0.4, 0.5) is 4.79 Å². The van der Waals surface area contributed by atoms with Gasteiger partial charge in [0.25, 0.3) is 5.24 Å². The molecule has 160 valence electrons. The highest BCUT2D eigenvalue weighted by Gasteiger charge is 2.30. The molecule has 1 unspecified atom stereocenters. The minimum atomic E-state index is -0.546. The second kappa shape index (κ2) is 11.0. The van der Waals surface area contributed by atoms with Gasteiger partial charge in [-0.3, -0.25) is 14.4 Å². The number of hydrogen-bond acceptors (Lipinski definition) is 6. The highest BCUT2D eigenvalue weighted by molar-refractivity contribution is 8.14. The van der Waals surface area contributed by atoms with Crippen molar-refractivity contribution in [2.45, 2.75) is 57.5 Å². The lowest BCUT2D eigenvalue weighted by atomic mass is 10.0. The van der Waals surface area contributed by atoms with Crippen LogP contribution >= 0.6 is 11.8 Å². The third-order valence-corrected chi connectivity index (χ3v) is 5.91. The lowest BCUT2D eigenvalue weighted by Gasteiger charge is -2.18. The molecule has 1 fully saturated rings. The van der Waals surface area contributed by atoms with Crippen molar-refractivity contribution in [3.05, 3.63) is 42.4 Å². The quantitative estimate of drug-likeness (QED) is 0.518. The van der Waals surface area contributed by atoms with E-state index in [-0.39, 0.29) is 23.0 Å². The first-order valence-corrected chi connectivity index (χ1v) is 11.3. The van der Waals surface area contributed by atoms with E-state index < -0.39 is 6.04 Å². The number of rotatable bonds is 11. The molecule has 0 bridgehead atoms. The van der Waals surface area contributed by atoms with Crippen LogP contribution in [0.1, 0.15) is 57.4 Å². The second-order valence-electron chi connectivity index (χ2n) is 7.28. The first-order valence-electron chi connectivity index (χ1n) is 10.3. The summed E-state index contributed by atoms with van der Waals surface area (Å²) in [5.74, 6) is 1.54. The van der Waals surface area contributed by atoms with E-state index in [2.05, 4.69) is 15.6 Å². The van der Waals surface area contributed by atoms with Crippen LogP contribution in [0.5, 0.6) is 0 Å². The SMILES string of the molecule is CCC(=O)CCCCC[C@H](NC(=O)C1CSC(=O)N1)c1ncc(-c2ccccc2)o1. The molecular weight excluding hydrogens is 402 g/mol. The van der Waals surface area contributed by atoms with Gasteiger partial charge in [0, 0.05) is 24.2 Å². The van der Waals surface area contributed by atoms with E-state index in [9.17, 15) is 14.4 Å². The first kappa shape index (κ1) is 22.1. The average molecular weight is 430 g/mol. The first-order chi connectivity index (χ1) is 14.6. The Morgan fingerprint density at radius 3 is 2.77 bits per heavy atom. The van der Waals surface area contributed by atoms with E-state index in [0.29, 0.717) is 36.7 Å². The molecule has 0 aliphatic carbocycles. The van der Waals surface area contributed by atoms with Crippen LogP contribution in [-0.2, 0) is 9.59 Å². The van der Waals surface area contributed by atoms with Crippen LogP contribution in [0.3, 0.4) is 0 Å². The molecule has 1 aliphatic heterocycles. The van der Waals surface area contributed by atoms with Gasteiger partial charge in [-0.05, 0) is 12.8 Å². The van der Waals surface area contributed by atoms with Crippen LogP contribution in [-0.4, -0.2) is 33.7 Å². The molecule has 2 N–H and O–H groups in total. The van der Waals surface area contributed by atoms with E-state index in [1.54, 1.807) is 6.20 Å². The minimum Gasteiger partial charge on any atom is -0.438 e. The monoisotopic (exact) mass is 429 g/mol. The Morgan fingerprint density at radius 2 is 2.07 bits per heavy atom. The summed E-state index contributed by atoms with van der Waals surface area (Å²) in [6.07, 6.45) is 6.03. The summed E-state index contributed by atoms with van der Waals surface area (Å²) in [6, 6.07) is 8.72. The molecule has 30 heavy (non-hydrogen) atoms. The Morgan fingerprint density at radius 1 is 1.27 bits per heavy atom. The molecule has 2 atom stereocenters. The van der Waals surface area contributed by atoms with E-state index in [1.807, 2.05) is 37.3 Å². The number of carbonyl (C=O) groups excluding carboxylic acids is 3. The third-order valence-electron chi connectivity index (χ3n) is 5.03. The fourth-order valence-electron chi connectivity index (χ4n) is 3.26. The molecule has 0 saturated carbocycles. The summed E-state index contributed by atoms with van der Waals surface area (Å²) < 4.78 is 5.96. The summed E-state index contributed by atoms with van der Waals surface area (Å²) in [5, 5.41) is 5.46. The number of carbonyl (C=O) groups is 3. The predicted molar refractivity (Wildman–Crippen MR) is 116 cm³/mol. The Kier molecular flexibility index (Phi) is 8.07. The number of unbranched alkanes of at least 4 members (excludes halogenated alkanes) is 2. The van der Waals surface area contributed by atoms with Crippen molar-refractivity contribution >= 4 is 28.7 Å². The smallest absolute Gasteiger partial charge is 0.279 e. The Hall–Kier alpha value is -2.61. The van der Waals surface area contributed by atoms with Crippen LogP contribution in [0.25, 0.3) is 11.3 Å². The minimum absolute atomic E-state index is 0.185.